The van der Waals surface area contributed by atoms with Gasteiger partial charge in [-0.05, 0) is 24.9 Å². The molecule has 1 aromatic rings. The lowest BCUT2D eigenvalue weighted by molar-refractivity contribution is -0.141. The molecular formula is C14H19NO2. The molecule has 0 radical (unpaired) electrons. The lowest BCUT2D eigenvalue weighted by Crippen LogP contribution is -2.31. The molecule has 1 fully saturated rings. The Morgan fingerprint density at radius 1 is 1.41 bits per heavy atom. The van der Waals surface area contributed by atoms with E-state index in [-0.39, 0.29) is 5.97 Å². The second-order valence-corrected chi connectivity index (χ2v) is 4.53. The Labute approximate surface area is 102 Å². The lowest BCUT2D eigenvalue weighted by atomic mass is 10.1. The number of methoxy groups -OCH3 is 1. The van der Waals surface area contributed by atoms with Crippen LogP contribution in [0.1, 0.15) is 24.8 Å². The Kier molecular flexibility index (Phi) is 4.15. The third-order valence-electron chi connectivity index (χ3n) is 3.36. The van der Waals surface area contributed by atoms with E-state index < -0.39 is 0 Å². The maximum absolute atomic E-state index is 11.3. The molecule has 92 valence electrons. The second kappa shape index (κ2) is 5.82. The average Bonchev–Trinajstić information content (AvgIpc) is 2.78. The molecule has 1 heterocycles. The number of rotatable bonds is 4. The van der Waals surface area contributed by atoms with Crippen molar-refractivity contribution in [1.82, 2.24) is 4.90 Å². The van der Waals surface area contributed by atoms with Crippen molar-refractivity contribution < 1.29 is 9.53 Å². The average molecular weight is 233 g/mol. The van der Waals surface area contributed by atoms with Crippen LogP contribution in [0.3, 0.4) is 0 Å². The first-order chi connectivity index (χ1) is 8.29. The first-order valence-corrected chi connectivity index (χ1v) is 6.14. The fourth-order valence-corrected chi connectivity index (χ4v) is 2.43. The normalized spacial score (nSPS) is 20.4. The molecule has 1 aliphatic heterocycles. The first-order valence-electron chi connectivity index (χ1n) is 6.14. The molecule has 1 atom stereocenters. The van der Waals surface area contributed by atoms with Crippen molar-refractivity contribution in [1.29, 1.82) is 0 Å². The van der Waals surface area contributed by atoms with Crippen LogP contribution in [0.2, 0.25) is 0 Å². The standard InChI is InChI=1S/C14H19NO2/c1-17-14(16)10-13-8-5-9-15(13)11-12-6-3-2-4-7-12/h2-4,6-7,13H,5,8-11H2,1H3/t13-/m0/s1. The van der Waals surface area contributed by atoms with E-state index in [9.17, 15) is 4.79 Å². The molecule has 0 N–H and O–H groups in total. The minimum Gasteiger partial charge on any atom is -0.469 e. The summed E-state index contributed by atoms with van der Waals surface area (Å²) in [4.78, 5) is 13.7. The van der Waals surface area contributed by atoms with Gasteiger partial charge in [-0.15, -0.1) is 0 Å². The van der Waals surface area contributed by atoms with E-state index in [0.29, 0.717) is 12.5 Å². The molecule has 0 unspecified atom stereocenters. The van der Waals surface area contributed by atoms with Gasteiger partial charge >= 0.3 is 5.97 Å². The molecule has 2 rings (SSSR count). The highest BCUT2D eigenvalue weighted by Crippen LogP contribution is 2.22. The number of nitrogens with zero attached hydrogens (tertiary/aromatic N) is 1. The van der Waals surface area contributed by atoms with E-state index >= 15 is 0 Å². The van der Waals surface area contributed by atoms with E-state index in [1.807, 2.05) is 6.07 Å². The monoisotopic (exact) mass is 233 g/mol. The molecule has 0 aromatic heterocycles. The van der Waals surface area contributed by atoms with Crippen molar-refractivity contribution in [2.24, 2.45) is 0 Å². The van der Waals surface area contributed by atoms with Crippen LogP contribution in [0, 0.1) is 0 Å². The van der Waals surface area contributed by atoms with Crippen molar-refractivity contribution >= 4 is 5.97 Å². The molecule has 1 saturated heterocycles. The van der Waals surface area contributed by atoms with Gasteiger partial charge in [0.05, 0.1) is 13.5 Å². The number of carbonyl (C=O) groups excluding carboxylic acids is 1. The summed E-state index contributed by atoms with van der Waals surface area (Å²) in [7, 11) is 1.46. The number of hydrogen-bond donors (Lipinski definition) is 0. The van der Waals surface area contributed by atoms with Gasteiger partial charge in [-0.3, -0.25) is 9.69 Å². The van der Waals surface area contributed by atoms with E-state index in [1.165, 1.54) is 19.1 Å². The fraction of sp³-hybridized carbons (Fsp3) is 0.500. The van der Waals surface area contributed by atoms with Crippen LogP contribution in [-0.4, -0.2) is 30.6 Å². The smallest absolute Gasteiger partial charge is 0.307 e. The molecule has 0 saturated carbocycles. The van der Waals surface area contributed by atoms with E-state index in [4.69, 9.17) is 4.74 Å². The molecule has 3 heteroatoms. The van der Waals surface area contributed by atoms with Gasteiger partial charge in [0.2, 0.25) is 0 Å². The van der Waals surface area contributed by atoms with Crippen LogP contribution in [0.5, 0.6) is 0 Å². The van der Waals surface area contributed by atoms with Gasteiger partial charge in [0.25, 0.3) is 0 Å². The molecule has 0 spiro atoms. The summed E-state index contributed by atoms with van der Waals surface area (Å²) >= 11 is 0. The van der Waals surface area contributed by atoms with Gasteiger partial charge in [0, 0.05) is 12.6 Å². The van der Waals surface area contributed by atoms with E-state index in [0.717, 1.165) is 19.5 Å². The largest absolute Gasteiger partial charge is 0.469 e. The summed E-state index contributed by atoms with van der Waals surface area (Å²) in [5.74, 6) is -0.102. The Balaban J connectivity index is 1.93. The molecule has 0 amide bonds. The second-order valence-electron chi connectivity index (χ2n) is 4.53. The van der Waals surface area contributed by atoms with Crippen molar-refractivity contribution in [2.45, 2.75) is 31.8 Å². The van der Waals surface area contributed by atoms with Crippen molar-refractivity contribution in [3.05, 3.63) is 35.9 Å². The van der Waals surface area contributed by atoms with Crippen molar-refractivity contribution in [2.75, 3.05) is 13.7 Å². The molecule has 0 aliphatic carbocycles. The van der Waals surface area contributed by atoms with Crippen LogP contribution >= 0.6 is 0 Å². The zero-order chi connectivity index (χ0) is 12.1. The molecule has 1 aliphatic rings. The summed E-state index contributed by atoms with van der Waals surface area (Å²) in [5, 5.41) is 0. The summed E-state index contributed by atoms with van der Waals surface area (Å²) in [6.07, 6.45) is 2.79. The lowest BCUT2D eigenvalue weighted by Gasteiger charge is -2.23. The minimum absolute atomic E-state index is 0.102. The molecule has 0 bridgehead atoms. The van der Waals surface area contributed by atoms with Crippen LogP contribution in [-0.2, 0) is 16.1 Å². The summed E-state index contributed by atoms with van der Waals surface area (Å²) in [6, 6.07) is 10.8. The molecular weight excluding hydrogens is 214 g/mol. The van der Waals surface area contributed by atoms with Crippen LogP contribution < -0.4 is 0 Å². The highest BCUT2D eigenvalue weighted by Gasteiger charge is 2.26. The van der Waals surface area contributed by atoms with Gasteiger partial charge < -0.3 is 4.74 Å². The van der Waals surface area contributed by atoms with Crippen LogP contribution in [0.4, 0.5) is 0 Å². The van der Waals surface area contributed by atoms with Gasteiger partial charge in [0.15, 0.2) is 0 Å². The number of carbonyl (C=O) groups is 1. The van der Waals surface area contributed by atoms with Gasteiger partial charge in [-0.1, -0.05) is 30.3 Å². The number of hydrogen-bond acceptors (Lipinski definition) is 3. The fourth-order valence-electron chi connectivity index (χ4n) is 2.43. The van der Waals surface area contributed by atoms with Crippen LogP contribution in [0.15, 0.2) is 30.3 Å². The van der Waals surface area contributed by atoms with Crippen molar-refractivity contribution in [3.63, 3.8) is 0 Å². The zero-order valence-electron chi connectivity index (χ0n) is 10.3. The first kappa shape index (κ1) is 12.1. The third kappa shape index (κ3) is 3.30. The zero-order valence-corrected chi connectivity index (χ0v) is 10.3. The third-order valence-corrected chi connectivity index (χ3v) is 3.36. The van der Waals surface area contributed by atoms with Gasteiger partial charge in [-0.2, -0.15) is 0 Å². The summed E-state index contributed by atoms with van der Waals surface area (Å²) < 4.78 is 4.75. The maximum Gasteiger partial charge on any atom is 0.307 e. The Morgan fingerprint density at radius 3 is 2.88 bits per heavy atom. The molecule has 17 heavy (non-hydrogen) atoms. The van der Waals surface area contributed by atoms with Gasteiger partial charge in [-0.25, -0.2) is 0 Å². The number of likely N-dealkylation sites (tertiary alicyclic amines) is 1. The summed E-state index contributed by atoms with van der Waals surface area (Å²) in [5.41, 5.74) is 1.31. The van der Waals surface area contributed by atoms with E-state index in [2.05, 4.69) is 29.2 Å². The number of benzene rings is 1. The minimum atomic E-state index is -0.102. The topological polar surface area (TPSA) is 29.5 Å². The Hall–Kier alpha value is -1.35. The highest BCUT2D eigenvalue weighted by atomic mass is 16.5. The quantitative estimate of drug-likeness (QED) is 0.747. The number of esters is 1. The predicted molar refractivity (Wildman–Crippen MR) is 66.5 cm³/mol. The summed E-state index contributed by atoms with van der Waals surface area (Å²) in [6.45, 7) is 2.01. The van der Waals surface area contributed by atoms with E-state index in [1.54, 1.807) is 0 Å². The SMILES string of the molecule is COC(=O)C[C@@H]1CCCN1Cc1ccccc1. The molecule has 1 aromatic carbocycles. The maximum atomic E-state index is 11.3. The van der Waals surface area contributed by atoms with Crippen LogP contribution in [0.25, 0.3) is 0 Å². The highest BCUT2D eigenvalue weighted by molar-refractivity contribution is 5.69. The van der Waals surface area contributed by atoms with Crippen molar-refractivity contribution in [3.8, 4) is 0 Å². The Morgan fingerprint density at radius 2 is 2.18 bits per heavy atom. The Bertz CT molecular complexity index is 364. The molecule has 3 nitrogen and oxygen atoms in total. The number of ether oxygens (including phenoxy) is 1. The van der Waals surface area contributed by atoms with Gasteiger partial charge in [0.1, 0.15) is 0 Å². The predicted octanol–water partition coefficient (Wildman–Crippen LogP) is 2.21.